The number of nitrogens with zero attached hydrogens (tertiary/aromatic N) is 1. The number of halogens is 2. The second-order valence-corrected chi connectivity index (χ2v) is 6.28. The van der Waals surface area contributed by atoms with E-state index in [1.54, 1.807) is 18.3 Å². The highest BCUT2D eigenvalue weighted by molar-refractivity contribution is 7.10. The molecule has 1 aromatic heterocycles. The van der Waals surface area contributed by atoms with Gasteiger partial charge in [-0.3, -0.25) is 4.90 Å². The molecular formula is C16H19F2NOS. The third kappa shape index (κ3) is 4.59. The Kier molecular flexibility index (Phi) is 5.45. The van der Waals surface area contributed by atoms with E-state index in [2.05, 4.69) is 0 Å². The smallest absolute Gasteiger partial charge is 0.127 e. The number of thiophene rings is 1. The van der Waals surface area contributed by atoms with Crippen LogP contribution in [0.5, 0.6) is 0 Å². The summed E-state index contributed by atoms with van der Waals surface area (Å²) in [5.41, 5.74) is 1.49. The average Bonchev–Trinajstić information content (AvgIpc) is 2.79. The van der Waals surface area contributed by atoms with Gasteiger partial charge in [-0.25, -0.2) is 8.78 Å². The fourth-order valence-corrected chi connectivity index (χ4v) is 3.18. The van der Waals surface area contributed by atoms with Crippen LogP contribution in [0.3, 0.4) is 0 Å². The van der Waals surface area contributed by atoms with Gasteiger partial charge in [0.05, 0.1) is 6.10 Å². The molecule has 2 aromatic rings. The Balaban J connectivity index is 2.16. The Morgan fingerprint density at radius 2 is 2.00 bits per heavy atom. The van der Waals surface area contributed by atoms with E-state index in [0.717, 1.165) is 12.1 Å². The molecule has 0 bridgehead atoms. The van der Waals surface area contributed by atoms with Gasteiger partial charge in [0.25, 0.3) is 0 Å². The molecule has 0 saturated carbocycles. The van der Waals surface area contributed by atoms with Crippen LogP contribution < -0.4 is 0 Å². The first-order chi connectivity index (χ1) is 9.95. The fraction of sp³-hybridized carbons (Fsp3) is 0.375. The summed E-state index contributed by atoms with van der Waals surface area (Å²) in [7, 11) is 0. The van der Waals surface area contributed by atoms with Crippen molar-refractivity contribution in [3.05, 3.63) is 57.3 Å². The zero-order valence-electron chi connectivity index (χ0n) is 12.1. The summed E-state index contributed by atoms with van der Waals surface area (Å²) in [6.07, 6.45) is -0.526. The number of aliphatic hydroxyl groups is 1. The van der Waals surface area contributed by atoms with Crippen molar-refractivity contribution in [2.75, 3.05) is 6.54 Å². The predicted molar refractivity (Wildman–Crippen MR) is 81.2 cm³/mol. The van der Waals surface area contributed by atoms with Crippen LogP contribution in [0.2, 0.25) is 0 Å². The van der Waals surface area contributed by atoms with Gasteiger partial charge >= 0.3 is 0 Å². The van der Waals surface area contributed by atoms with Crippen molar-refractivity contribution < 1.29 is 13.9 Å². The second kappa shape index (κ2) is 7.11. The van der Waals surface area contributed by atoms with E-state index >= 15 is 0 Å². The molecule has 1 aromatic carbocycles. The summed E-state index contributed by atoms with van der Waals surface area (Å²) < 4.78 is 27.0. The van der Waals surface area contributed by atoms with Crippen molar-refractivity contribution >= 4 is 11.3 Å². The molecule has 0 radical (unpaired) electrons. The minimum atomic E-state index is -0.526. The van der Waals surface area contributed by atoms with E-state index in [9.17, 15) is 13.9 Å². The minimum Gasteiger partial charge on any atom is -0.392 e. The van der Waals surface area contributed by atoms with Crippen LogP contribution >= 0.6 is 11.3 Å². The van der Waals surface area contributed by atoms with Crippen molar-refractivity contribution in [2.45, 2.75) is 33.0 Å². The number of hydrogen-bond acceptors (Lipinski definition) is 3. The number of aliphatic hydroxyl groups excluding tert-OH is 1. The molecule has 0 saturated heterocycles. The molecule has 1 N–H and O–H groups in total. The van der Waals surface area contributed by atoms with Crippen LogP contribution in [0, 0.1) is 18.6 Å². The molecule has 0 amide bonds. The van der Waals surface area contributed by atoms with Gasteiger partial charge in [-0.05, 0) is 49.1 Å². The molecule has 0 aliphatic carbocycles. The standard InChI is InChI=1S/C16H19F2NOS/c1-11-5-6-21-16(11)10-19(8-12(2)20)9-13-7-14(17)3-4-15(13)18/h3-7,12,20H,8-10H2,1-2H3. The number of aryl methyl sites for hydroxylation is 1. The Labute approximate surface area is 127 Å². The van der Waals surface area contributed by atoms with Gasteiger partial charge < -0.3 is 5.11 Å². The topological polar surface area (TPSA) is 23.5 Å². The van der Waals surface area contributed by atoms with E-state index in [1.165, 1.54) is 16.5 Å². The van der Waals surface area contributed by atoms with Gasteiger partial charge in [0.15, 0.2) is 0 Å². The van der Waals surface area contributed by atoms with Crippen LogP contribution in [0.25, 0.3) is 0 Å². The summed E-state index contributed by atoms with van der Waals surface area (Å²) in [6.45, 7) is 5.01. The molecule has 0 aliphatic heterocycles. The highest BCUT2D eigenvalue weighted by Gasteiger charge is 2.14. The lowest BCUT2D eigenvalue weighted by Crippen LogP contribution is -2.30. The Morgan fingerprint density at radius 3 is 2.62 bits per heavy atom. The predicted octanol–water partition coefficient (Wildman–Crippen LogP) is 3.72. The maximum Gasteiger partial charge on any atom is 0.127 e. The van der Waals surface area contributed by atoms with Gasteiger partial charge in [-0.1, -0.05) is 0 Å². The number of hydrogen-bond donors (Lipinski definition) is 1. The van der Waals surface area contributed by atoms with Gasteiger partial charge in [0.1, 0.15) is 11.6 Å². The molecule has 114 valence electrons. The molecule has 0 fully saturated rings. The highest BCUT2D eigenvalue weighted by Crippen LogP contribution is 2.20. The van der Waals surface area contributed by atoms with E-state index in [1.807, 2.05) is 23.3 Å². The number of rotatable bonds is 6. The van der Waals surface area contributed by atoms with E-state index in [0.29, 0.717) is 18.7 Å². The first kappa shape index (κ1) is 16.1. The third-order valence-electron chi connectivity index (χ3n) is 3.26. The summed E-state index contributed by atoms with van der Waals surface area (Å²) in [5, 5.41) is 11.6. The van der Waals surface area contributed by atoms with Crippen molar-refractivity contribution in [3.8, 4) is 0 Å². The Morgan fingerprint density at radius 1 is 1.24 bits per heavy atom. The third-order valence-corrected chi connectivity index (χ3v) is 4.27. The Bertz CT molecular complexity index is 598. The lowest BCUT2D eigenvalue weighted by Gasteiger charge is -2.24. The Hall–Kier alpha value is -1.30. The fourth-order valence-electron chi connectivity index (χ4n) is 2.23. The quantitative estimate of drug-likeness (QED) is 0.879. The molecule has 1 unspecified atom stereocenters. The van der Waals surface area contributed by atoms with Gasteiger partial charge in [0, 0.05) is 30.1 Å². The van der Waals surface area contributed by atoms with Crippen molar-refractivity contribution in [1.82, 2.24) is 4.90 Å². The largest absolute Gasteiger partial charge is 0.392 e. The molecule has 0 aliphatic rings. The van der Waals surface area contributed by atoms with Crippen LogP contribution in [0.1, 0.15) is 22.9 Å². The lowest BCUT2D eigenvalue weighted by atomic mass is 10.1. The van der Waals surface area contributed by atoms with Gasteiger partial charge in [-0.2, -0.15) is 0 Å². The first-order valence-electron chi connectivity index (χ1n) is 6.83. The highest BCUT2D eigenvalue weighted by atomic mass is 32.1. The molecule has 2 nitrogen and oxygen atoms in total. The monoisotopic (exact) mass is 311 g/mol. The van der Waals surface area contributed by atoms with Gasteiger partial charge in [0.2, 0.25) is 0 Å². The van der Waals surface area contributed by atoms with E-state index in [4.69, 9.17) is 0 Å². The van der Waals surface area contributed by atoms with E-state index < -0.39 is 17.7 Å². The zero-order chi connectivity index (χ0) is 15.4. The van der Waals surface area contributed by atoms with Gasteiger partial charge in [-0.15, -0.1) is 11.3 Å². The minimum absolute atomic E-state index is 0.270. The van der Waals surface area contributed by atoms with Crippen molar-refractivity contribution in [2.24, 2.45) is 0 Å². The normalized spacial score (nSPS) is 12.9. The summed E-state index contributed by atoms with van der Waals surface area (Å²) >= 11 is 1.63. The van der Waals surface area contributed by atoms with Crippen LogP contribution in [0.15, 0.2) is 29.6 Å². The summed E-state index contributed by atoms with van der Waals surface area (Å²) in [6, 6.07) is 5.50. The molecule has 2 rings (SSSR count). The maximum absolute atomic E-state index is 13.8. The molecule has 1 heterocycles. The summed E-state index contributed by atoms with van der Waals surface area (Å²) in [5.74, 6) is -0.870. The summed E-state index contributed by atoms with van der Waals surface area (Å²) in [4.78, 5) is 3.11. The van der Waals surface area contributed by atoms with Crippen LogP contribution in [0.4, 0.5) is 8.78 Å². The lowest BCUT2D eigenvalue weighted by molar-refractivity contribution is 0.118. The first-order valence-corrected chi connectivity index (χ1v) is 7.71. The average molecular weight is 311 g/mol. The number of benzene rings is 1. The molecule has 5 heteroatoms. The van der Waals surface area contributed by atoms with Crippen molar-refractivity contribution in [1.29, 1.82) is 0 Å². The van der Waals surface area contributed by atoms with Crippen LogP contribution in [-0.2, 0) is 13.1 Å². The maximum atomic E-state index is 13.8. The molecule has 1 atom stereocenters. The SMILES string of the molecule is Cc1ccsc1CN(Cc1cc(F)ccc1F)CC(C)O. The van der Waals surface area contributed by atoms with Crippen molar-refractivity contribution in [3.63, 3.8) is 0 Å². The zero-order valence-corrected chi connectivity index (χ0v) is 13.0. The van der Waals surface area contributed by atoms with Crippen LogP contribution in [-0.4, -0.2) is 22.7 Å². The second-order valence-electron chi connectivity index (χ2n) is 5.28. The molecule has 0 spiro atoms. The molecular weight excluding hydrogens is 292 g/mol. The van der Waals surface area contributed by atoms with E-state index in [-0.39, 0.29) is 6.54 Å². The molecule has 21 heavy (non-hydrogen) atoms.